The van der Waals surface area contributed by atoms with E-state index in [4.69, 9.17) is 5.73 Å². The van der Waals surface area contributed by atoms with E-state index in [0.29, 0.717) is 22.3 Å². The zero-order chi connectivity index (χ0) is 12.8. The van der Waals surface area contributed by atoms with Crippen molar-refractivity contribution in [1.29, 1.82) is 0 Å². The number of rotatable bonds is 5. The van der Waals surface area contributed by atoms with Gasteiger partial charge < -0.3 is 10.5 Å². The molecule has 0 bridgehead atoms. The zero-order valence-corrected chi connectivity index (χ0v) is 11.2. The Kier molecular flexibility index (Phi) is 5.28. The van der Waals surface area contributed by atoms with Crippen LogP contribution < -0.4 is 5.73 Å². The van der Waals surface area contributed by atoms with Gasteiger partial charge in [0.25, 0.3) is 0 Å². The fraction of sp³-hybridized carbons (Fsp3) is 0.500. The van der Waals surface area contributed by atoms with Crippen molar-refractivity contribution >= 4 is 23.4 Å². The molecule has 0 fully saturated rings. The molecule has 94 valence electrons. The van der Waals surface area contributed by atoms with Crippen LogP contribution in [0.5, 0.6) is 0 Å². The third kappa shape index (κ3) is 4.26. The maximum absolute atomic E-state index is 11.3. The number of ether oxygens (including phenoxy) is 1. The van der Waals surface area contributed by atoms with Gasteiger partial charge in [0, 0.05) is 0 Å². The van der Waals surface area contributed by atoms with E-state index in [1.54, 1.807) is 23.9 Å². The summed E-state index contributed by atoms with van der Waals surface area (Å²) in [6.45, 7) is 4.34. The quantitative estimate of drug-likeness (QED) is 0.646. The summed E-state index contributed by atoms with van der Waals surface area (Å²) in [6, 6.07) is 3.27. The maximum atomic E-state index is 11.3. The summed E-state index contributed by atoms with van der Waals surface area (Å²) in [6.07, 6.45) is 1.09. The average molecular weight is 254 g/mol. The molecule has 0 radical (unpaired) electrons. The van der Waals surface area contributed by atoms with Crippen molar-refractivity contribution in [3.05, 3.63) is 17.8 Å². The van der Waals surface area contributed by atoms with Gasteiger partial charge in [-0.25, -0.2) is 9.78 Å². The lowest BCUT2D eigenvalue weighted by molar-refractivity contribution is 0.0593. The van der Waals surface area contributed by atoms with Crippen LogP contribution in [-0.4, -0.2) is 23.8 Å². The first kappa shape index (κ1) is 13.8. The molecule has 0 saturated heterocycles. The van der Waals surface area contributed by atoms with E-state index in [1.165, 1.54) is 7.11 Å². The molecule has 0 aliphatic heterocycles. The van der Waals surface area contributed by atoms with E-state index in [1.807, 2.05) is 0 Å². The lowest BCUT2D eigenvalue weighted by atomic mass is 10.2. The number of anilines is 1. The van der Waals surface area contributed by atoms with Crippen molar-refractivity contribution in [3.63, 3.8) is 0 Å². The predicted octanol–water partition coefficient (Wildman–Crippen LogP) is 2.59. The summed E-state index contributed by atoms with van der Waals surface area (Å²) >= 11 is 1.57. The van der Waals surface area contributed by atoms with Gasteiger partial charge in [-0.3, -0.25) is 0 Å². The fourth-order valence-corrected chi connectivity index (χ4v) is 2.36. The first-order valence-corrected chi connectivity index (χ1v) is 6.50. The Balaban J connectivity index is 2.73. The second-order valence-corrected chi connectivity index (χ2v) is 5.20. The van der Waals surface area contributed by atoms with Crippen molar-refractivity contribution in [2.45, 2.75) is 25.3 Å². The highest BCUT2D eigenvalue weighted by Crippen LogP contribution is 2.24. The minimum atomic E-state index is -0.435. The molecule has 1 aromatic rings. The molecule has 5 heteroatoms. The van der Waals surface area contributed by atoms with E-state index in [9.17, 15) is 4.79 Å². The van der Waals surface area contributed by atoms with E-state index >= 15 is 0 Å². The molecular weight excluding hydrogens is 236 g/mol. The normalized spacial score (nSPS) is 10.6. The second-order valence-electron chi connectivity index (χ2n) is 4.11. The van der Waals surface area contributed by atoms with Crippen LogP contribution in [0.4, 0.5) is 5.69 Å². The fourth-order valence-electron chi connectivity index (χ4n) is 1.18. The van der Waals surface area contributed by atoms with E-state index in [2.05, 4.69) is 23.6 Å². The summed E-state index contributed by atoms with van der Waals surface area (Å²) < 4.78 is 4.62. The van der Waals surface area contributed by atoms with Gasteiger partial charge in [-0.1, -0.05) is 13.8 Å². The van der Waals surface area contributed by atoms with Gasteiger partial charge in [-0.15, -0.1) is 11.8 Å². The summed E-state index contributed by atoms with van der Waals surface area (Å²) in [5.74, 6) is 1.16. The Hall–Kier alpha value is -1.23. The maximum Gasteiger partial charge on any atom is 0.356 e. The van der Waals surface area contributed by atoms with Crippen molar-refractivity contribution in [3.8, 4) is 0 Å². The van der Waals surface area contributed by atoms with E-state index in [-0.39, 0.29) is 0 Å². The molecular formula is C12H18N2O2S. The Morgan fingerprint density at radius 2 is 2.24 bits per heavy atom. The number of nitrogen functional groups attached to an aromatic ring is 1. The number of methoxy groups -OCH3 is 1. The highest BCUT2D eigenvalue weighted by Gasteiger charge is 2.10. The molecule has 0 unspecified atom stereocenters. The molecule has 0 spiro atoms. The molecule has 1 aromatic heterocycles. The van der Waals surface area contributed by atoms with Crippen molar-refractivity contribution in [2.24, 2.45) is 5.92 Å². The van der Waals surface area contributed by atoms with Crippen LogP contribution in [-0.2, 0) is 4.74 Å². The van der Waals surface area contributed by atoms with Crippen LogP contribution in [0.25, 0.3) is 0 Å². The van der Waals surface area contributed by atoms with Crippen LogP contribution in [0.1, 0.15) is 30.8 Å². The SMILES string of the molecule is COC(=O)c1ccc(N)c(SCCC(C)C)n1. The number of carbonyl (C=O) groups is 1. The number of hydrogen-bond donors (Lipinski definition) is 1. The van der Waals surface area contributed by atoms with Crippen LogP contribution in [0.3, 0.4) is 0 Å². The molecule has 0 saturated carbocycles. The predicted molar refractivity (Wildman–Crippen MR) is 70.2 cm³/mol. The van der Waals surface area contributed by atoms with Crippen molar-refractivity contribution in [1.82, 2.24) is 4.98 Å². The van der Waals surface area contributed by atoms with Crippen molar-refractivity contribution in [2.75, 3.05) is 18.6 Å². The van der Waals surface area contributed by atoms with Crippen LogP contribution in [0.15, 0.2) is 17.2 Å². The van der Waals surface area contributed by atoms with E-state index in [0.717, 1.165) is 12.2 Å². The summed E-state index contributed by atoms with van der Waals surface area (Å²) in [5.41, 5.74) is 6.72. The molecule has 0 aromatic carbocycles. The number of pyridine rings is 1. The summed E-state index contributed by atoms with van der Waals surface area (Å²) in [4.78, 5) is 15.5. The first-order chi connectivity index (χ1) is 8.04. The summed E-state index contributed by atoms with van der Waals surface area (Å²) in [7, 11) is 1.34. The molecule has 0 aliphatic carbocycles. The Bertz CT molecular complexity index is 394. The van der Waals surface area contributed by atoms with Gasteiger partial charge in [0.2, 0.25) is 0 Å². The first-order valence-electron chi connectivity index (χ1n) is 5.52. The Morgan fingerprint density at radius 3 is 2.82 bits per heavy atom. The highest BCUT2D eigenvalue weighted by atomic mass is 32.2. The van der Waals surface area contributed by atoms with Gasteiger partial charge >= 0.3 is 5.97 Å². The Morgan fingerprint density at radius 1 is 1.53 bits per heavy atom. The largest absolute Gasteiger partial charge is 0.464 e. The van der Waals surface area contributed by atoms with E-state index < -0.39 is 5.97 Å². The smallest absolute Gasteiger partial charge is 0.356 e. The lowest BCUT2D eigenvalue weighted by Gasteiger charge is -2.07. The number of esters is 1. The van der Waals surface area contributed by atoms with Gasteiger partial charge in [0.1, 0.15) is 10.7 Å². The molecule has 1 rings (SSSR count). The number of carbonyl (C=O) groups excluding carboxylic acids is 1. The number of thioether (sulfide) groups is 1. The molecule has 1 heterocycles. The molecule has 4 nitrogen and oxygen atoms in total. The minimum Gasteiger partial charge on any atom is -0.464 e. The second kappa shape index (κ2) is 6.49. The Labute approximate surface area is 106 Å². The van der Waals surface area contributed by atoms with Gasteiger partial charge in [-0.2, -0.15) is 0 Å². The van der Waals surface area contributed by atoms with Gasteiger partial charge in [0.05, 0.1) is 12.8 Å². The molecule has 2 N–H and O–H groups in total. The average Bonchev–Trinajstić information content (AvgIpc) is 2.30. The number of aromatic nitrogens is 1. The highest BCUT2D eigenvalue weighted by molar-refractivity contribution is 7.99. The minimum absolute atomic E-state index is 0.300. The zero-order valence-electron chi connectivity index (χ0n) is 10.4. The molecule has 17 heavy (non-hydrogen) atoms. The third-order valence-corrected chi connectivity index (χ3v) is 3.26. The lowest BCUT2D eigenvalue weighted by Crippen LogP contribution is -2.06. The van der Waals surface area contributed by atoms with Gasteiger partial charge in [0.15, 0.2) is 0 Å². The molecule has 0 atom stereocenters. The molecule has 0 aliphatic rings. The number of hydrogen-bond acceptors (Lipinski definition) is 5. The standard InChI is InChI=1S/C12H18N2O2S/c1-8(2)6-7-17-11-9(13)4-5-10(14-11)12(15)16-3/h4-5,8H,6-7,13H2,1-3H3. The monoisotopic (exact) mass is 254 g/mol. The number of nitrogens with two attached hydrogens (primary N) is 1. The molecule has 0 amide bonds. The number of nitrogens with zero attached hydrogens (tertiary/aromatic N) is 1. The third-order valence-electron chi connectivity index (χ3n) is 2.22. The van der Waals surface area contributed by atoms with Crippen LogP contribution >= 0.6 is 11.8 Å². The summed E-state index contributed by atoms with van der Waals surface area (Å²) in [5, 5.41) is 0.702. The van der Waals surface area contributed by atoms with Crippen LogP contribution in [0.2, 0.25) is 0 Å². The van der Waals surface area contributed by atoms with Gasteiger partial charge in [-0.05, 0) is 30.2 Å². The van der Waals surface area contributed by atoms with Crippen molar-refractivity contribution < 1.29 is 9.53 Å². The van der Waals surface area contributed by atoms with Crippen LogP contribution in [0, 0.1) is 5.92 Å². The topological polar surface area (TPSA) is 65.2 Å².